The molecule has 0 amide bonds. The van der Waals surface area contributed by atoms with Crippen molar-refractivity contribution >= 4 is 0 Å². The molecule has 0 spiro atoms. The second-order valence-electron chi connectivity index (χ2n) is 0. The van der Waals surface area contributed by atoms with Crippen LogP contribution in [-0.2, 0) is 54.9 Å². The van der Waals surface area contributed by atoms with Gasteiger partial charge in [0.15, 0.2) is 0 Å². The van der Waals surface area contributed by atoms with Crippen molar-refractivity contribution < 1.29 is 54.9 Å². The first-order valence-corrected chi connectivity index (χ1v) is 2.89. The van der Waals surface area contributed by atoms with Crippen LogP contribution in [0.4, 0.5) is 0 Å². The summed E-state index contributed by atoms with van der Waals surface area (Å²) in [5.41, 5.74) is 0. The van der Waals surface area contributed by atoms with Crippen molar-refractivity contribution in [2.75, 3.05) is 0 Å². The van der Waals surface area contributed by atoms with E-state index in [1.54, 1.807) is 0 Å². The van der Waals surface area contributed by atoms with E-state index < -0.39 is 0 Å². The zero-order valence-electron chi connectivity index (χ0n) is 2.10. The van der Waals surface area contributed by atoms with E-state index in [4.69, 9.17) is 5.62 Å². The van der Waals surface area contributed by atoms with Gasteiger partial charge in [0.25, 0.3) is 0 Å². The standard InChI is InChI=1S/2O.Y.Zn. The topological polar surface area (TPSA) is 34.1 Å². The molecule has 4 heteroatoms. The van der Waals surface area contributed by atoms with E-state index in [2.05, 4.69) is 0 Å². The molecule has 0 saturated heterocycles. The van der Waals surface area contributed by atoms with Gasteiger partial charge in [0.2, 0.25) is 0 Å². The summed E-state index contributed by atoms with van der Waals surface area (Å²) in [5, 5.41) is 0. The molecule has 0 aromatic rings. The van der Waals surface area contributed by atoms with E-state index in [-0.39, 0.29) is 49.3 Å². The van der Waals surface area contributed by atoms with E-state index in [0.717, 1.165) is 0 Å². The molecular formula is O2YZn. The maximum absolute atomic E-state index is 8.38. The molecule has 0 saturated carbocycles. The van der Waals surface area contributed by atoms with Crippen LogP contribution in [0.5, 0.6) is 0 Å². The van der Waals surface area contributed by atoms with E-state index >= 15 is 0 Å². The van der Waals surface area contributed by atoms with Crippen LogP contribution in [0.25, 0.3) is 0 Å². The third-order valence-electron chi connectivity index (χ3n) is 0. The van der Waals surface area contributed by atoms with E-state index in [1.165, 1.54) is 0 Å². The predicted octanol–water partition coefficient (Wildman–Crippen LogP) is -0.243. The first-order chi connectivity index (χ1) is 2.00. The van der Waals surface area contributed by atoms with Gasteiger partial charge in [-0.3, -0.25) is 0 Å². The predicted molar refractivity (Wildman–Crippen MR) is 1.37 cm³/mol. The first kappa shape index (κ1) is 9.01. The first-order valence-electron chi connectivity index (χ1n) is 0.524. The fourth-order valence-corrected chi connectivity index (χ4v) is 0. The molecule has 0 rings (SSSR count). The van der Waals surface area contributed by atoms with Crippen molar-refractivity contribution in [1.29, 1.82) is 0 Å². The summed E-state index contributed by atoms with van der Waals surface area (Å²) in [6.45, 7) is 0. The average molecular weight is 186 g/mol. The van der Waals surface area contributed by atoms with Crippen molar-refractivity contribution in [1.82, 2.24) is 0 Å². The van der Waals surface area contributed by atoms with Gasteiger partial charge in [-0.05, 0) is 0 Å². The Labute approximate surface area is 54.3 Å². The zero-order chi connectivity index (χ0) is 4.00. The molecule has 0 aromatic carbocycles. The van der Waals surface area contributed by atoms with Crippen LogP contribution in [0.15, 0.2) is 0 Å². The molecule has 0 atom stereocenters. The summed E-state index contributed by atoms with van der Waals surface area (Å²) in [4.78, 5) is 0. The Hall–Kier alpha value is 1.33. The Balaban J connectivity index is 0. The monoisotopic (exact) mass is 185 g/mol. The average Bonchev–Trinajstić information content (AvgIpc) is 1.50. The fourth-order valence-electron chi connectivity index (χ4n) is 0. The van der Waals surface area contributed by atoms with Crippen LogP contribution in [0.3, 0.4) is 0 Å². The molecular weight excluding hydrogens is 186 g/mol. The number of rotatable bonds is 0. The normalized spacial score (nSPS) is 3.00. The SMILES string of the molecule is [O]=[Y].[O]=[Zn]. The van der Waals surface area contributed by atoms with Crippen LogP contribution < -0.4 is 0 Å². The molecule has 17 valence electrons. The van der Waals surface area contributed by atoms with Crippen molar-refractivity contribution in [3.63, 3.8) is 0 Å². The number of hydrogen-bond acceptors (Lipinski definition) is 2. The Morgan fingerprint density at radius 1 is 1.25 bits per heavy atom. The van der Waals surface area contributed by atoms with Gasteiger partial charge in [0, 0.05) is 0 Å². The molecule has 4 heavy (non-hydrogen) atoms. The summed E-state index contributed by atoms with van der Waals surface area (Å²) < 4.78 is 16.8. The van der Waals surface area contributed by atoms with Gasteiger partial charge in [-0.2, -0.15) is 0 Å². The Kier molecular flexibility index (Phi) is 61.3. The molecule has 0 N–H and O–H groups in total. The van der Waals surface area contributed by atoms with E-state index in [9.17, 15) is 0 Å². The van der Waals surface area contributed by atoms with Gasteiger partial charge in [-0.15, -0.1) is 0 Å². The van der Waals surface area contributed by atoms with Crippen LogP contribution >= 0.6 is 0 Å². The van der Waals surface area contributed by atoms with Gasteiger partial charge in [-0.25, -0.2) is 0 Å². The van der Waals surface area contributed by atoms with Crippen molar-refractivity contribution in [2.45, 2.75) is 0 Å². The van der Waals surface area contributed by atoms with Gasteiger partial charge in [-0.1, -0.05) is 0 Å². The minimum atomic E-state index is 0.100. The van der Waals surface area contributed by atoms with Crippen molar-refractivity contribution in [2.24, 2.45) is 0 Å². The molecule has 0 fully saturated rings. The molecule has 0 aliphatic heterocycles. The molecule has 0 radical (unpaired) electrons. The Morgan fingerprint density at radius 3 is 1.25 bits per heavy atom. The van der Waals surface area contributed by atoms with E-state index in [0.29, 0.717) is 0 Å². The maximum atomic E-state index is 8.38. The van der Waals surface area contributed by atoms with Crippen LogP contribution in [0.2, 0.25) is 0 Å². The third-order valence-corrected chi connectivity index (χ3v) is 0. The summed E-state index contributed by atoms with van der Waals surface area (Å²) >= 11 is 0.225. The van der Waals surface area contributed by atoms with Crippen molar-refractivity contribution in [3.05, 3.63) is 0 Å². The summed E-state index contributed by atoms with van der Waals surface area (Å²) in [6, 6.07) is 0. The van der Waals surface area contributed by atoms with Gasteiger partial charge in [0.1, 0.15) is 0 Å². The van der Waals surface area contributed by atoms with Gasteiger partial charge in [0.05, 0.1) is 0 Å². The van der Waals surface area contributed by atoms with Crippen LogP contribution in [-0.4, -0.2) is 0 Å². The number of hydrogen-bond donors (Lipinski definition) is 0. The zero-order valence-corrected chi connectivity index (χ0v) is 7.91. The summed E-state index contributed by atoms with van der Waals surface area (Å²) in [5.74, 6) is 0. The molecule has 0 aliphatic carbocycles. The van der Waals surface area contributed by atoms with Crippen molar-refractivity contribution in [3.8, 4) is 0 Å². The summed E-state index contributed by atoms with van der Waals surface area (Å²) in [7, 11) is 0. The second-order valence-corrected chi connectivity index (χ2v) is 0. The second kappa shape index (κ2) is 27.2. The molecule has 0 aliphatic rings. The Morgan fingerprint density at radius 2 is 1.25 bits per heavy atom. The summed E-state index contributed by atoms with van der Waals surface area (Å²) in [6.07, 6.45) is 0. The third kappa shape index (κ3) is 10.2. The minimum absolute atomic E-state index is 0.100. The van der Waals surface area contributed by atoms with E-state index in [1.807, 2.05) is 0 Å². The van der Waals surface area contributed by atoms with Crippen LogP contribution in [0, 0.1) is 0 Å². The molecule has 0 heterocycles. The van der Waals surface area contributed by atoms with Crippen LogP contribution in [0.1, 0.15) is 0 Å². The molecule has 0 bridgehead atoms. The molecule has 2 nitrogen and oxygen atoms in total. The molecule has 0 unspecified atom stereocenters. The van der Waals surface area contributed by atoms with Gasteiger partial charge < -0.3 is 0 Å². The quantitative estimate of drug-likeness (QED) is 0.489. The fraction of sp³-hybridized carbons (Fsp3) is 0. The molecule has 0 aromatic heterocycles. The van der Waals surface area contributed by atoms with Gasteiger partial charge >= 0.3 is 54.9 Å². The Bertz CT molecular complexity index is 8.00.